The standard InChI is InChI=1S/C27H19F3N2O2/c28-27(29,30)25-12-21(18-6-4-16(15-33)5-7-18)11-23-24(25)14-32(26(23)34)22-3-1-2-19(10-22)20-8-17(9-20)13-31/h1-7,10-12,15,17,20H,8-9,14H2. The molecule has 0 unspecified atom stereocenters. The van der Waals surface area contributed by atoms with E-state index in [1.54, 1.807) is 24.3 Å². The van der Waals surface area contributed by atoms with Crippen molar-refractivity contribution in [1.29, 1.82) is 5.26 Å². The van der Waals surface area contributed by atoms with Crippen LogP contribution in [0.25, 0.3) is 11.1 Å². The Bertz CT molecular complexity index is 1330. The van der Waals surface area contributed by atoms with Gasteiger partial charge in [-0.25, -0.2) is 0 Å². The predicted molar refractivity (Wildman–Crippen MR) is 120 cm³/mol. The first-order valence-electron chi connectivity index (χ1n) is 10.9. The molecule has 0 bridgehead atoms. The number of carbonyl (C=O) groups is 2. The summed E-state index contributed by atoms with van der Waals surface area (Å²) in [5, 5.41) is 9.03. The molecule has 1 fully saturated rings. The van der Waals surface area contributed by atoms with Crippen molar-refractivity contribution in [3.63, 3.8) is 0 Å². The van der Waals surface area contributed by atoms with E-state index < -0.39 is 17.6 Å². The minimum Gasteiger partial charge on any atom is -0.304 e. The second-order valence-electron chi connectivity index (χ2n) is 8.77. The third-order valence-electron chi connectivity index (χ3n) is 6.70. The fourth-order valence-corrected chi connectivity index (χ4v) is 4.73. The van der Waals surface area contributed by atoms with Crippen molar-refractivity contribution in [3.05, 3.63) is 88.5 Å². The molecular weight excluding hydrogens is 441 g/mol. The Labute approximate surface area is 194 Å². The number of nitrogens with zero attached hydrogens (tertiary/aromatic N) is 2. The summed E-state index contributed by atoms with van der Waals surface area (Å²) >= 11 is 0. The van der Waals surface area contributed by atoms with Crippen LogP contribution < -0.4 is 4.90 Å². The number of carbonyl (C=O) groups excluding carboxylic acids is 2. The molecule has 7 heteroatoms. The molecule has 1 aliphatic carbocycles. The highest BCUT2D eigenvalue weighted by Crippen LogP contribution is 2.44. The maximum absolute atomic E-state index is 14.0. The van der Waals surface area contributed by atoms with Crippen LogP contribution in [0.4, 0.5) is 18.9 Å². The van der Waals surface area contributed by atoms with Crippen LogP contribution in [0.5, 0.6) is 0 Å². The molecule has 1 aliphatic heterocycles. The van der Waals surface area contributed by atoms with E-state index in [4.69, 9.17) is 5.26 Å². The van der Waals surface area contributed by atoms with Crippen LogP contribution in [-0.2, 0) is 12.7 Å². The first-order chi connectivity index (χ1) is 16.3. The molecule has 2 aliphatic rings. The molecule has 0 N–H and O–H groups in total. The Balaban J connectivity index is 1.52. The molecule has 0 atom stereocenters. The average molecular weight is 460 g/mol. The number of benzene rings is 3. The summed E-state index contributed by atoms with van der Waals surface area (Å²) in [6.45, 7) is -0.164. The molecule has 3 aromatic rings. The predicted octanol–water partition coefficient (Wildman–Crippen LogP) is 6.36. The number of fused-ring (bicyclic) bond motifs is 1. The molecule has 3 aromatic carbocycles. The summed E-state index contributed by atoms with van der Waals surface area (Å²) in [7, 11) is 0. The number of alkyl halides is 3. The molecule has 0 saturated heterocycles. The van der Waals surface area contributed by atoms with E-state index in [0.717, 1.165) is 24.5 Å². The molecule has 1 heterocycles. The van der Waals surface area contributed by atoms with Crippen LogP contribution in [0, 0.1) is 17.2 Å². The van der Waals surface area contributed by atoms with E-state index in [1.165, 1.54) is 23.1 Å². The Morgan fingerprint density at radius 3 is 2.38 bits per heavy atom. The summed E-state index contributed by atoms with van der Waals surface area (Å²) in [6.07, 6.45) is -2.47. The number of rotatable bonds is 4. The summed E-state index contributed by atoms with van der Waals surface area (Å²) in [6, 6.07) is 18.3. The second-order valence-corrected chi connectivity index (χ2v) is 8.77. The number of hydrogen-bond acceptors (Lipinski definition) is 3. The third-order valence-corrected chi connectivity index (χ3v) is 6.70. The van der Waals surface area contributed by atoms with E-state index in [1.807, 2.05) is 12.1 Å². The average Bonchev–Trinajstić information content (AvgIpc) is 3.14. The Morgan fingerprint density at radius 2 is 1.74 bits per heavy atom. The monoisotopic (exact) mass is 460 g/mol. The van der Waals surface area contributed by atoms with Crippen LogP contribution in [0.3, 0.4) is 0 Å². The maximum atomic E-state index is 14.0. The van der Waals surface area contributed by atoms with Crippen molar-refractivity contribution in [2.24, 2.45) is 5.92 Å². The molecule has 34 heavy (non-hydrogen) atoms. The molecule has 1 amide bonds. The molecule has 0 spiro atoms. The molecule has 170 valence electrons. The number of halogens is 3. The van der Waals surface area contributed by atoms with Crippen molar-refractivity contribution < 1.29 is 22.8 Å². The molecule has 0 aromatic heterocycles. The van der Waals surface area contributed by atoms with E-state index in [9.17, 15) is 22.8 Å². The zero-order chi connectivity index (χ0) is 24.0. The van der Waals surface area contributed by atoms with Crippen molar-refractivity contribution in [3.8, 4) is 17.2 Å². The molecule has 1 saturated carbocycles. The zero-order valence-corrected chi connectivity index (χ0v) is 18.0. The first-order valence-corrected chi connectivity index (χ1v) is 10.9. The smallest absolute Gasteiger partial charge is 0.304 e. The minimum atomic E-state index is -4.63. The number of nitriles is 1. The minimum absolute atomic E-state index is 0.0275. The third kappa shape index (κ3) is 3.75. The molecular formula is C27H19F3N2O2. The zero-order valence-electron chi connectivity index (χ0n) is 18.0. The van der Waals surface area contributed by atoms with Crippen LogP contribution in [-0.4, -0.2) is 12.2 Å². The van der Waals surface area contributed by atoms with Gasteiger partial charge in [0.1, 0.15) is 6.29 Å². The molecule has 0 radical (unpaired) electrons. The Hall–Kier alpha value is -3.92. The van der Waals surface area contributed by atoms with Gasteiger partial charge in [-0.2, -0.15) is 18.4 Å². The van der Waals surface area contributed by atoms with Crippen LogP contribution in [0.1, 0.15) is 56.2 Å². The fraction of sp³-hybridized carbons (Fsp3) is 0.222. The summed E-state index contributed by atoms with van der Waals surface area (Å²) in [5.74, 6) is -0.233. The van der Waals surface area contributed by atoms with Gasteiger partial charge in [0.25, 0.3) is 5.91 Å². The number of hydrogen-bond donors (Lipinski definition) is 0. The highest BCUT2D eigenvalue weighted by Gasteiger charge is 2.41. The lowest BCUT2D eigenvalue weighted by atomic mass is 9.72. The summed E-state index contributed by atoms with van der Waals surface area (Å²) in [5.41, 5.74) is 1.86. The van der Waals surface area contributed by atoms with E-state index in [0.29, 0.717) is 23.1 Å². The van der Waals surface area contributed by atoms with Gasteiger partial charge in [0.05, 0.1) is 18.2 Å². The van der Waals surface area contributed by atoms with Crippen LogP contribution >= 0.6 is 0 Å². The lowest BCUT2D eigenvalue weighted by Crippen LogP contribution is -2.24. The number of aldehydes is 1. The highest BCUT2D eigenvalue weighted by atomic mass is 19.4. The van der Waals surface area contributed by atoms with E-state index >= 15 is 0 Å². The lowest BCUT2D eigenvalue weighted by molar-refractivity contribution is -0.138. The maximum Gasteiger partial charge on any atom is 0.416 e. The van der Waals surface area contributed by atoms with Gasteiger partial charge in [-0.15, -0.1) is 0 Å². The van der Waals surface area contributed by atoms with Gasteiger partial charge in [0, 0.05) is 22.7 Å². The summed E-state index contributed by atoms with van der Waals surface area (Å²) in [4.78, 5) is 25.6. The van der Waals surface area contributed by atoms with Crippen LogP contribution in [0.2, 0.25) is 0 Å². The number of amides is 1. The SMILES string of the molecule is N#CC1CC(c2cccc(N3Cc4c(cc(-c5ccc(C=O)cc5)cc4C(F)(F)F)C3=O)c2)C1. The van der Waals surface area contributed by atoms with Gasteiger partial charge in [0.15, 0.2) is 0 Å². The van der Waals surface area contributed by atoms with E-state index in [-0.39, 0.29) is 35.1 Å². The summed E-state index contributed by atoms with van der Waals surface area (Å²) < 4.78 is 42.0. The Morgan fingerprint density at radius 1 is 1.00 bits per heavy atom. The normalized spacial score (nSPS) is 19.4. The lowest BCUT2D eigenvalue weighted by Gasteiger charge is -2.31. The van der Waals surface area contributed by atoms with Crippen LogP contribution in [0.15, 0.2) is 60.7 Å². The van der Waals surface area contributed by atoms with Gasteiger partial charge in [0.2, 0.25) is 0 Å². The van der Waals surface area contributed by atoms with Crippen molar-refractivity contribution in [1.82, 2.24) is 0 Å². The highest BCUT2D eigenvalue weighted by molar-refractivity contribution is 6.11. The van der Waals surface area contributed by atoms with Gasteiger partial charge in [-0.1, -0.05) is 36.4 Å². The van der Waals surface area contributed by atoms with Crippen molar-refractivity contribution in [2.75, 3.05) is 4.90 Å². The van der Waals surface area contributed by atoms with Crippen molar-refractivity contribution in [2.45, 2.75) is 31.5 Å². The van der Waals surface area contributed by atoms with Gasteiger partial charge in [-0.3, -0.25) is 9.59 Å². The Kier molecular flexibility index (Phi) is 5.24. The second kappa shape index (κ2) is 8.14. The first kappa shape index (κ1) is 21.9. The fourth-order valence-electron chi connectivity index (χ4n) is 4.73. The van der Waals surface area contributed by atoms with Gasteiger partial charge in [-0.05, 0) is 65.3 Å². The number of anilines is 1. The van der Waals surface area contributed by atoms with Gasteiger partial charge >= 0.3 is 6.18 Å². The molecule has 5 rings (SSSR count). The van der Waals surface area contributed by atoms with E-state index in [2.05, 4.69) is 6.07 Å². The molecule has 4 nitrogen and oxygen atoms in total. The largest absolute Gasteiger partial charge is 0.416 e. The topological polar surface area (TPSA) is 61.2 Å². The van der Waals surface area contributed by atoms with Gasteiger partial charge < -0.3 is 4.90 Å². The van der Waals surface area contributed by atoms with Crippen molar-refractivity contribution >= 4 is 17.9 Å². The quantitative estimate of drug-likeness (QED) is 0.426.